The van der Waals surface area contributed by atoms with E-state index in [0.717, 1.165) is 25.0 Å². The van der Waals surface area contributed by atoms with Crippen molar-refractivity contribution in [2.24, 2.45) is 5.92 Å². The standard InChI is InChI=1S/C15H29N3O/c1-3-12-5-4-6-14(12)17-13-7-9-18(10-8-13)11-15(19)16-2/h12-14,17H,3-11H2,1-2H3,(H,16,19). The first-order chi connectivity index (χ1) is 9.22. The normalized spacial score (nSPS) is 29.6. The number of amides is 1. The van der Waals surface area contributed by atoms with Crippen LogP contribution in [0.2, 0.25) is 0 Å². The first kappa shape index (κ1) is 14.8. The fourth-order valence-corrected chi connectivity index (χ4v) is 3.59. The lowest BCUT2D eigenvalue weighted by atomic mass is 9.97. The van der Waals surface area contributed by atoms with Gasteiger partial charge in [0.25, 0.3) is 0 Å². The number of piperidine rings is 1. The minimum absolute atomic E-state index is 0.133. The number of likely N-dealkylation sites (N-methyl/N-ethyl adjacent to an activating group) is 1. The van der Waals surface area contributed by atoms with E-state index in [1.807, 2.05) is 0 Å². The number of rotatable bonds is 5. The van der Waals surface area contributed by atoms with Crippen LogP contribution < -0.4 is 10.6 Å². The van der Waals surface area contributed by atoms with Gasteiger partial charge in [-0.25, -0.2) is 0 Å². The van der Waals surface area contributed by atoms with Crippen LogP contribution in [0.15, 0.2) is 0 Å². The maximum atomic E-state index is 11.4. The molecule has 4 nitrogen and oxygen atoms in total. The Morgan fingerprint density at radius 1 is 1.21 bits per heavy atom. The topological polar surface area (TPSA) is 44.4 Å². The summed E-state index contributed by atoms with van der Waals surface area (Å²) in [5, 5.41) is 6.58. The molecule has 2 atom stereocenters. The van der Waals surface area contributed by atoms with E-state index < -0.39 is 0 Å². The number of nitrogens with zero attached hydrogens (tertiary/aromatic N) is 1. The van der Waals surface area contributed by atoms with E-state index in [9.17, 15) is 4.79 Å². The summed E-state index contributed by atoms with van der Waals surface area (Å²) in [5.74, 6) is 1.03. The Hall–Kier alpha value is -0.610. The third kappa shape index (κ3) is 4.18. The van der Waals surface area contributed by atoms with Crippen LogP contribution in [0.4, 0.5) is 0 Å². The zero-order valence-corrected chi connectivity index (χ0v) is 12.5. The van der Waals surface area contributed by atoms with Gasteiger partial charge in [0.15, 0.2) is 0 Å². The quantitative estimate of drug-likeness (QED) is 0.790. The second-order valence-corrected chi connectivity index (χ2v) is 6.10. The highest BCUT2D eigenvalue weighted by Gasteiger charge is 2.29. The third-order valence-electron chi connectivity index (χ3n) is 4.87. The fraction of sp³-hybridized carbons (Fsp3) is 0.933. The van der Waals surface area contributed by atoms with Crippen LogP contribution in [-0.2, 0) is 4.79 Å². The molecule has 110 valence electrons. The minimum Gasteiger partial charge on any atom is -0.358 e. The second-order valence-electron chi connectivity index (χ2n) is 6.10. The van der Waals surface area contributed by atoms with E-state index in [-0.39, 0.29) is 5.91 Å². The highest BCUT2D eigenvalue weighted by molar-refractivity contribution is 5.77. The predicted molar refractivity (Wildman–Crippen MR) is 78.1 cm³/mol. The van der Waals surface area contributed by atoms with Crippen molar-refractivity contribution in [3.8, 4) is 0 Å². The van der Waals surface area contributed by atoms with E-state index in [2.05, 4.69) is 22.5 Å². The summed E-state index contributed by atoms with van der Waals surface area (Å²) in [6, 6.07) is 1.42. The molecule has 1 saturated heterocycles. The van der Waals surface area contributed by atoms with Crippen molar-refractivity contribution in [2.75, 3.05) is 26.7 Å². The number of hydrogen-bond acceptors (Lipinski definition) is 3. The Balaban J connectivity index is 1.70. The molecule has 0 aromatic carbocycles. The maximum Gasteiger partial charge on any atom is 0.233 e. The van der Waals surface area contributed by atoms with Gasteiger partial charge in [-0.1, -0.05) is 19.8 Å². The average molecular weight is 267 g/mol. The molecule has 1 heterocycles. The summed E-state index contributed by atoms with van der Waals surface area (Å²) in [7, 11) is 1.71. The van der Waals surface area contributed by atoms with Crippen molar-refractivity contribution in [3.05, 3.63) is 0 Å². The van der Waals surface area contributed by atoms with Crippen molar-refractivity contribution >= 4 is 5.91 Å². The Labute approximate surface area is 117 Å². The largest absolute Gasteiger partial charge is 0.358 e. The molecule has 2 unspecified atom stereocenters. The molecule has 0 aromatic heterocycles. The van der Waals surface area contributed by atoms with Crippen molar-refractivity contribution < 1.29 is 4.79 Å². The van der Waals surface area contributed by atoms with Gasteiger partial charge in [-0.05, 0) is 31.6 Å². The highest BCUT2D eigenvalue weighted by atomic mass is 16.1. The number of hydrogen-bond donors (Lipinski definition) is 2. The molecule has 1 aliphatic carbocycles. The van der Waals surface area contributed by atoms with Gasteiger partial charge >= 0.3 is 0 Å². The van der Waals surface area contributed by atoms with Crippen LogP contribution in [0, 0.1) is 5.92 Å². The van der Waals surface area contributed by atoms with Crippen LogP contribution in [0.25, 0.3) is 0 Å². The molecule has 0 bridgehead atoms. The molecule has 2 rings (SSSR count). The van der Waals surface area contributed by atoms with Gasteiger partial charge in [-0.2, -0.15) is 0 Å². The van der Waals surface area contributed by atoms with Crippen LogP contribution >= 0.6 is 0 Å². The zero-order valence-electron chi connectivity index (χ0n) is 12.5. The van der Waals surface area contributed by atoms with Gasteiger partial charge in [-0.3, -0.25) is 9.69 Å². The molecule has 19 heavy (non-hydrogen) atoms. The molecular formula is C15H29N3O. The molecular weight excluding hydrogens is 238 g/mol. The number of carbonyl (C=O) groups excluding carboxylic acids is 1. The van der Waals surface area contributed by atoms with Crippen LogP contribution in [-0.4, -0.2) is 49.6 Å². The average Bonchev–Trinajstić information content (AvgIpc) is 2.88. The molecule has 1 amide bonds. The summed E-state index contributed by atoms with van der Waals surface area (Å²) in [6.07, 6.45) is 7.84. The number of nitrogens with one attached hydrogen (secondary N) is 2. The molecule has 0 aromatic rings. The first-order valence-electron chi connectivity index (χ1n) is 7.92. The second kappa shape index (κ2) is 7.25. The van der Waals surface area contributed by atoms with Gasteiger partial charge in [0.1, 0.15) is 0 Å². The SMILES string of the molecule is CCC1CCCC1NC1CCN(CC(=O)NC)CC1. The van der Waals surface area contributed by atoms with E-state index in [0.29, 0.717) is 12.6 Å². The molecule has 1 saturated carbocycles. The number of carbonyl (C=O) groups is 1. The number of likely N-dealkylation sites (tertiary alicyclic amines) is 1. The Kier molecular flexibility index (Phi) is 5.64. The van der Waals surface area contributed by atoms with E-state index in [1.165, 1.54) is 38.5 Å². The summed E-state index contributed by atoms with van der Waals surface area (Å²) >= 11 is 0. The lowest BCUT2D eigenvalue weighted by Crippen LogP contribution is -2.48. The smallest absolute Gasteiger partial charge is 0.233 e. The Bertz CT molecular complexity index is 287. The fourth-order valence-electron chi connectivity index (χ4n) is 3.59. The van der Waals surface area contributed by atoms with E-state index >= 15 is 0 Å². The molecule has 2 aliphatic rings. The maximum absolute atomic E-state index is 11.4. The molecule has 1 aliphatic heterocycles. The monoisotopic (exact) mass is 267 g/mol. The Morgan fingerprint density at radius 2 is 1.95 bits per heavy atom. The molecule has 0 radical (unpaired) electrons. The van der Waals surface area contributed by atoms with E-state index in [1.54, 1.807) is 7.05 Å². The zero-order chi connectivity index (χ0) is 13.7. The molecule has 0 spiro atoms. The lowest BCUT2D eigenvalue weighted by Gasteiger charge is -2.34. The Morgan fingerprint density at radius 3 is 2.58 bits per heavy atom. The van der Waals surface area contributed by atoms with Crippen LogP contribution in [0.1, 0.15) is 45.4 Å². The van der Waals surface area contributed by atoms with E-state index in [4.69, 9.17) is 0 Å². The summed E-state index contributed by atoms with van der Waals surface area (Å²) in [4.78, 5) is 13.6. The summed E-state index contributed by atoms with van der Waals surface area (Å²) in [6.45, 7) is 4.98. The summed E-state index contributed by atoms with van der Waals surface area (Å²) in [5.41, 5.74) is 0. The summed E-state index contributed by atoms with van der Waals surface area (Å²) < 4.78 is 0. The van der Waals surface area contributed by atoms with Crippen molar-refractivity contribution in [1.29, 1.82) is 0 Å². The molecule has 2 N–H and O–H groups in total. The van der Waals surface area contributed by atoms with Gasteiger partial charge in [0.05, 0.1) is 6.54 Å². The van der Waals surface area contributed by atoms with Gasteiger partial charge in [-0.15, -0.1) is 0 Å². The van der Waals surface area contributed by atoms with Gasteiger partial charge in [0.2, 0.25) is 5.91 Å². The lowest BCUT2D eigenvalue weighted by molar-refractivity contribution is -0.122. The van der Waals surface area contributed by atoms with Crippen molar-refractivity contribution in [2.45, 2.75) is 57.5 Å². The van der Waals surface area contributed by atoms with Crippen molar-refractivity contribution in [3.63, 3.8) is 0 Å². The first-order valence-corrected chi connectivity index (χ1v) is 7.92. The third-order valence-corrected chi connectivity index (χ3v) is 4.87. The van der Waals surface area contributed by atoms with Crippen LogP contribution in [0.3, 0.4) is 0 Å². The van der Waals surface area contributed by atoms with Crippen molar-refractivity contribution in [1.82, 2.24) is 15.5 Å². The molecule has 2 fully saturated rings. The molecule has 4 heteroatoms. The van der Waals surface area contributed by atoms with Gasteiger partial charge in [0, 0.05) is 32.2 Å². The van der Waals surface area contributed by atoms with Gasteiger partial charge < -0.3 is 10.6 Å². The predicted octanol–water partition coefficient (Wildman–Crippen LogP) is 1.37. The van der Waals surface area contributed by atoms with Crippen LogP contribution in [0.5, 0.6) is 0 Å². The highest BCUT2D eigenvalue weighted by Crippen LogP contribution is 2.29. The minimum atomic E-state index is 0.133.